The second-order valence-electron chi connectivity index (χ2n) is 8.75. The van der Waals surface area contributed by atoms with Gasteiger partial charge in [-0.15, -0.1) is 0 Å². The molecule has 3 heteroatoms. The average Bonchev–Trinajstić information content (AvgIpc) is 2.48. The molecule has 2 aromatic rings. The molecule has 0 saturated heterocycles. The van der Waals surface area contributed by atoms with E-state index >= 15 is 0 Å². The molecule has 1 atom stereocenters. The third kappa shape index (κ3) is 3.98. The standard InChI is InChI=1S/C22H31NO2/c1-21(2,3)16-12-14(13-17(20(16)25)22(4,5)6)19(23-7)15-10-8-9-11-18(15)24/h8-13,19,23-25H,1-7H3. The highest BCUT2D eigenvalue weighted by Gasteiger charge is 2.28. The minimum atomic E-state index is -0.183. The maximum Gasteiger partial charge on any atom is 0.123 e. The number of phenolic OH excluding ortho intramolecular Hbond substituents is 2. The van der Waals surface area contributed by atoms with Crippen LogP contribution in [0.4, 0.5) is 0 Å². The van der Waals surface area contributed by atoms with Gasteiger partial charge in [-0.2, -0.15) is 0 Å². The number of rotatable bonds is 3. The molecule has 0 fully saturated rings. The van der Waals surface area contributed by atoms with E-state index in [1.807, 2.05) is 25.2 Å². The Hall–Kier alpha value is -2.00. The molecule has 0 aliphatic rings. The van der Waals surface area contributed by atoms with Crippen molar-refractivity contribution in [1.29, 1.82) is 0 Å². The summed E-state index contributed by atoms with van der Waals surface area (Å²) in [6.45, 7) is 12.6. The fourth-order valence-corrected chi connectivity index (χ4v) is 3.20. The number of nitrogens with one attached hydrogen (secondary N) is 1. The van der Waals surface area contributed by atoms with E-state index in [1.54, 1.807) is 6.07 Å². The fraction of sp³-hybridized carbons (Fsp3) is 0.455. The predicted molar refractivity (Wildman–Crippen MR) is 105 cm³/mol. The van der Waals surface area contributed by atoms with Gasteiger partial charge < -0.3 is 15.5 Å². The van der Waals surface area contributed by atoms with E-state index < -0.39 is 0 Å². The Morgan fingerprint density at radius 1 is 0.840 bits per heavy atom. The van der Waals surface area contributed by atoms with Gasteiger partial charge in [0.1, 0.15) is 11.5 Å². The van der Waals surface area contributed by atoms with Gasteiger partial charge >= 0.3 is 0 Å². The van der Waals surface area contributed by atoms with Crippen molar-refractivity contribution in [3.8, 4) is 11.5 Å². The summed E-state index contributed by atoms with van der Waals surface area (Å²) in [7, 11) is 1.89. The number of aromatic hydroxyl groups is 2. The van der Waals surface area contributed by atoms with Gasteiger partial charge in [-0.25, -0.2) is 0 Å². The molecule has 0 radical (unpaired) electrons. The van der Waals surface area contributed by atoms with Gasteiger partial charge in [-0.05, 0) is 52.8 Å². The van der Waals surface area contributed by atoms with Crippen LogP contribution in [0.15, 0.2) is 36.4 Å². The molecule has 0 amide bonds. The minimum absolute atomic E-state index is 0.149. The molecule has 0 saturated carbocycles. The first-order valence-corrected chi connectivity index (χ1v) is 8.80. The highest BCUT2D eigenvalue weighted by molar-refractivity contribution is 5.52. The number of benzene rings is 2. The third-order valence-electron chi connectivity index (χ3n) is 4.62. The fourth-order valence-electron chi connectivity index (χ4n) is 3.20. The second kappa shape index (κ2) is 6.72. The maximum absolute atomic E-state index is 10.9. The summed E-state index contributed by atoms with van der Waals surface area (Å²) in [6, 6.07) is 11.3. The molecule has 136 valence electrons. The Morgan fingerprint density at radius 3 is 1.72 bits per heavy atom. The SMILES string of the molecule is CNC(c1cc(C(C)(C)C)c(O)c(C(C)(C)C)c1)c1ccccc1O. The maximum atomic E-state index is 10.9. The van der Waals surface area contributed by atoms with E-state index in [0.29, 0.717) is 5.75 Å². The van der Waals surface area contributed by atoms with Crippen LogP contribution in [0, 0.1) is 0 Å². The van der Waals surface area contributed by atoms with E-state index in [0.717, 1.165) is 22.3 Å². The quantitative estimate of drug-likeness (QED) is 0.736. The number of hydrogen-bond acceptors (Lipinski definition) is 3. The van der Waals surface area contributed by atoms with Crippen LogP contribution < -0.4 is 5.32 Å². The Bertz CT molecular complexity index is 716. The first-order valence-electron chi connectivity index (χ1n) is 8.80. The van der Waals surface area contributed by atoms with Gasteiger partial charge in [0.15, 0.2) is 0 Å². The van der Waals surface area contributed by atoms with Gasteiger partial charge in [0.05, 0.1) is 6.04 Å². The first-order chi connectivity index (χ1) is 11.5. The number of para-hydroxylation sites is 1. The molecule has 0 bridgehead atoms. The van der Waals surface area contributed by atoms with Crippen molar-refractivity contribution in [2.24, 2.45) is 0 Å². The lowest BCUT2D eigenvalue weighted by Crippen LogP contribution is -2.22. The molecule has 2 aromatic carbocycles. The van der Waals surface area contributed by atoms with Crippen LogP contribution >= 0.6 is 0 Å². The van der Waals surface area contributed by atoms with Gasteiger partial charge in [0.2, 0.25) is 0 Å². The van der Waals surface area contributed by atoms with E-state index in [2.05, 4.69) is 59.0 Å². The lowest BCUT2D eigenvalue weighted by Gasteiger charge is -2.30. The Kier molecular flexibility index (Phi) is 5.19. The van der Waals surface area contributed by atoms with Crippen LogP contribution in [0.2, 0.25) is 0 Å². The molecular weight excluding hydrogens is 310 g/mol. The molecule has 25 heavy (non-hydrogen) atoms. The number of phenols is 2. The van der Waals surface area contributed by atoms with Crippen molar-refractivity contribution in [3.05, 3.63) is 58.7 Å². The van der Waals surface area contributed by atoms with Crippen molar-refractivity contribution in [2.45, 2.75) is 58.4 Å². The second-order valence-corrected chi connectivity index (χ2v) is 8.75. The predicted octanol–water partition coefficient (Wildman–Crippen LogP) is 5.00. The largest absolute Gasteiger partial charge is 0.508 e. The summed E-state index contributed by atoms with van der Waals surface area (Å²) in [5, 5.41) is 24.5. The average molecular weight is 341 g/mol. The molecule has 0 aliphatic heterocycles. The van der Waals surface area contributed by atoms with Crippen LogP contribution in [-0.4, -0.2) is 17.3 Å². The summed E-state index contributed by atoms with van der Waals surface area (Å²) in [6.07, 6.45) is 0. The van der Waals surface area contributed by atoms with Crippen molar-refractivity contribution in [3.63, 3.8) is 0 Å². The molecular formula is C22H31NO2. The zero-order chi connectivity index (χ0) is 19.0. The molecule has 0 aromatic heterocycles. The molecule has 3 nitrogen and oxygen atoms in total. The first kappa shape index (κ1) is 19.3. The Morgan fingerprint density at radius 2 is 1.32 bits per heavy atom. The van der Waals surface area contributed by atoms with E-state index in [-0.39, 0.29) is 22.6 Å². The minimum Gasteiger partial charge on any atom is -0.508 e. The number of hydrogen-bond donors (Lipinski definition) is 3. The van der Waals surface area contributed by atoms with E-state index in [9.17, 15) is 10.2 Å². The molecule has 0 aliphatic carbocycles. The molecule has 0 spiro atoms. The topological polar surface area (TPSA) is 52.5 Å². The van der Waals surface area contributed by atoms with Crippen molar-refractivity contribution in [1.82, 2.24) is 5.32 Å². The molecule has 0 heterocycles. The zero-order valence-corrected chi connectivity index (χ0v) is 16.4. The Balaban J connectivity index is 2.74. The van der Waals surface area contributed by atoms with Crippen molar-refractivity contribution in [2.75, 3.05) is 7.05 Å². The van der Waals surface area contributed by atoms with Crippen LogP contribution in [-0.2, 0) is 10.8 Å². The lowest BCUT2D eigenvalue weighted by atomic mass is 9.77. The van der Waals surface area contributed by atoms with Crippen LogP contribution in [0.5, 0.6) is 11.5 Å². The van der Waals surface area contributed by atoms with Crippen LogP contribution in [0.1, 0.15) is 69.8 Å². The monoisotopic (exact) mass is 341 g/mol. The van der Waals surface area contributed by atoms with Gasteiger partial charge in [-0.1, -0.05) is 59.7 Å². The molecule has 2 rings (SSSR count). The highest BCUT2D eigenvalue weighted by Crippen LogP contribution is 2.42. The zero-order valence-electron chi connectivity index (χ0n) is 16.4. The summed E-state index contributed by atoms with van der Waals surface area (Å²) in [5.74, 6) is 0.639. The molecule has 1 unspecified atom stereocenters. The van der Waals surface area contributed by atoms with Crippen LogP contribution in [0.3, 0.4) is 0 Å². The summed E-state index contributed by atoms with van der Waals surface area (Å²) < 4.78 is 0. The van der Waals surface area contributed by atoms with E-state index in [1.165, 1.54) is 0 Å². The smallest absolute Gasteiger partial charge is 0.123 e. The lowest BCUT2D eigenvalue weighted by molar-refractivity contribution is 0.421. The summed E-state index contributed by atoms with van der Waals surface area (Å²) >= 11 is 0. The summed E-state index contributed by atoms with van der Waals surface area (Å²) in [5.41, 5.74) is 3.34. The Labute approximate surface area is 151 Å². The third-order valence-corrected chi connectivity index (χ3v) is 4.62. The van der Waals surface area contributed by atoms with E-state index in [4.69, 9.17) is 0 Å². The molecule has 3 N–H and O–H groups in total. The highest BCUT2D eigenvalue weighted by atomic mass is 16.3. The van der Waals surface area contributed by atoms with Crippen molar-refractivity contribution >= 4 is 0 Å². The summed E-state index contributed by atoms with van der Waals surface area (Å²) in [4.78, 5) is 0. The van der Waals surface area contributed by atoms with Crippen LogP contribution in [0.25, 0.3) is 0 Å². The van der Waals surface area contributed by atoms with Gasteiger partial charge in [-0.3, -0.25) is 0 Å². The normalized spacial score (nSPS) is 13.7. The van der Waals surface area contributed by atoms with Crippen molar-refractivity contribution < 1.29 is 10.2 Å². The van der Waals surface area contributed by atoms with Gasteiger partial charge in [0.25, 0.3) is 0 Å². The van der Waals surface area contributed by atoms with Gasteiger partial charge in [0, 0.05) is 5.56 Å².